The molecule has 2 aliphatic rings. The van der Waals surface area contributed by atoms with Gasteiger partial charge in [-0.1, -0.05) is 17.3 Å². The Balaban J connectivity index is 1.50. The van der Waals surface area contributed by atoms with Gasteiger partial charge in [-0.2, -0.15) is 0 Å². The lowest BCUT2D eigenvalue weighted by Gasteiger charge is -2.36. The molecular formula is C21H30N4O4. The van der Waals surface area contributed by atoms with Crippen LogP contribution in [0.2, 0.25) is 0 Å². The normalized spacial score (nSPS) is 19.4. The number of piperazine rings is 1. The first kappa shape index (κ1) is 21.0. The number of oxime groups is 1. The third kappa shape index (κ3) is 5.85. The number of hydrogen-bond acceptors (Lipinski definition) is 6. The maximum atomic E-state index is 12.2. The zero-order valence-electron chi connectivity index (χ0n) is 17.6. The van der Waals surface area contributed by atoms with Gasteiger partial charge in [-0.25, -0.2) is 4.79 Å². The lowest BCUT2D eigenvalue weighted by Crippen LogP contribution is -2.50. The van der Waals surface area contributed by atoms with Crippen molar-refractivity contribution < 1.29 is 19.2 Å². The molecule has 8 heteroatoms. The molecule has 0 bridgehead atoms. The Hall–Kier alpha value is -2.77. The summed E-state index contributed by atoms with van der Waals surface area (Å²) in [6.45, 7) is 10.4. The molecule has 3 rings (SSSR count). The Morgan fingerprint density at radius 1 is 1.17 bits per heavy atom. The Morgan fingerprint density at radius 3 is 2.41 bits per heavy atom. The first-order valence-corrected chi connectivity index (χ1v) is 10.0. The van der Waals surface area contributed by atoms with E-state index in [0.29, 0.717) is 26.1 Å². The van der Waals surface area contributed by atoms with Crippen molar-refractivity contribution in [2.24, 2.45) is 5.16 Å². The van der Waals surface area contributed by atoms with Gasteiger partial charge in [-0.3, -0.25) is 4.79 Å². The van der Waals surface area contributed by atoms with Crippen LogP contribution >= 0.6 is 0 Å². The van der Waals surface area contributed by atoms with Crippen molar-refractivity contribution in [2.45, 2.75) is 45.8 Å². The van der Waals surface area contributed by atoms with Gasteiger partial charge in [-0.15, -0.1) is 0 Å². The largest absolute Gasteiger partial charge is 0.444 e. The Kier molecular flexibility index (Phi) is 6.30. The zero-order valence-corrected chi connectivity index (χ0v) is 17.6. The molecule has 8 nitrogen and oxygen atoms in total. The summed E-state index contributed by atoms with van der Waals surface area (Å²) < 4.78 is 5.45. The molecule has 158 valence electrons. The van der Waals surface area contributed by atoms with Crippen molar-refractivity contribution in [1.29, 1.82) is 0 Å². The molecule has 0 radical (unpaired) electrons. The van der Waals surface area contributed by atoms with Crippen molar-refractivity contribution in [1.82, 2.24) is 10.2 Å². The number of nitrogens with zero attached hydrogens (tertiary/aromatic N) is 3. The molecule has 0 saturated carbocycles. The van der Waals surface area contributed by atoms with Crippen molar-refractivity contribution in [3.05, 3.63) is 29.8 Å². The van der Waals surface area contributed by atoms with Gasteiger partial charge in [0.2, 0.25) is 5.91 Å². The summed E-state index contributed by atoms with van der Waals surface area (Å²) in [5, 5.41) is 6.91. The van der Waals surface area contributed by atoms with Gasteiger partial charge >= 0.3 is 6.09 Å². The molecule has 1 unspecified atom stereocenters. The van der Waals surface area contributed by atoms with Gasteiger partial charge in [0.1, 0.15) is 11.7 Å². The molecule has 1 saturated heterocycles. The van der Waals surface area contributed by atoms with E-state index in [1.807, 2.05) is 32.9 Å². The lowest BCUT2D eigenvalue weighted by atomic mass is 10.0. The van der Waals surface area contributed by atoms with E-state index in [9.17, 15) is 9.59 Å². The average Bonchev–Trinajstić information content (AvgIpc) is 3.14. The van der Waals surface area contributed by atoms with Crippen LogP contribution in [0, 0.1) is 0 Å². The third-order valence-electron chi connectivity index (χ3n) is 4.81. The second-order valence-corrected chi connectivity index (χ2v) is 8.41. The number of benzene rings is 1. The van der Waals surface area contributed by atoms with Crippen LogP contribution in [-0.2, 0) is 14.4 Å². The van der Waals surface area contributed by atoms with Gasteiger partial charge in [0.15, 0.2) is 0 Å². The maximum absolute atomic E-state index is 12.2. The smallest absolute Gasteiger partial charge is 0.410 e. The number of hydrogen-bond donors (Lipinski definition) is 1. The zero-order chi connectivity index (χ0) is 21.0. The van der Waals surface area contributed by atoms with Gasteiger partial charge in [0.05, 0.1) is 12.3 Å². The van der Waals surface area contributed by atoms with E-state index in [4.69, 9.17) is 9.57 Å². The van der Waals surface area contributed by atoms with Crippen LogP contribution in [0.4, 0.5) is 10.5 Å². The van der Waals surface area contributed by atoms with Crippen LogP contribution in [0.15, 0.2) is 29.4 Å². The van der Waals surface area contributed by atoms with Crippen molar-refractivity contribution in [3.63, 3.8) is 0 Å². The number of carbonyl (C=O) groups excluding carboxylic acids is 2. The number of nitrogens with one attached hydrogen (secondary N) is 1. The molecule has 2 heterocycles. The van der Waals surface area contributed by atoms with Gasteiger partial charge in [-0.05, 0) is 38.5 Å². The van der Waals surface area contributed by atoms with E-state index in [1.54, 1.807) is 4.90 Å². The van der Waals surface area contributed by atoms with E-state index < -0.39 is 5.60 Å². The van der Waals surface area contributed by atoms with Crippen LogP contribution in [-0.4, -0.2) is 67.0 Å². The first-order chi connectivity index (χ1) is 13.7. The highest BCUT2D eigenvalue weighted by molar-refractivity contribution is 6.01. The topological polar surface area (TPSA) is 83.5 Å². The van der Waals surface area contributed by atoms with E-state index >= 15 is 0 Å². The molecular weight excluding hydrogens is 372 g/mol. The standard InChI is InChI=1S/C21H30N4O4/c1-15(26)22-14-18-13-19(23-29-18)16-5-7-17(8-6-16)24-9-11-25(12-10-24)20(27)28-21(2,3)4/h5-8,18H,9-14H2,1-4H3,(H,22,26). The minimum absolute atomic E-state index is 0.0711. The predicted molar refractivity (Wildman–Crippen MR) is 111 cm³/mol. The Bertz CT molecular complexity index is 762. The van der Waals surface area contributed by atoms with Gasteiger partial charge in [0, 0.05) is 45.2 Å². The van der Waals surface area contributed by atoms with Crippen molar-refractivity contribution >= 4 is 23.4 Å². The summed E-state index contributed by atoms with van der Waals surface area (Å²) in [6.07, 6.45) is 0.309. The molecule has 1 fully saturated rings. The number of carbonyl (C=O) groups is 2. The highest BCUT2D eigenvalue weighted by Gasteiger charge is 2.26. The number of ether oxygens (including phenoxy) is 1. The molecule has 2 aliphatic heterocycles. The highest BCUT2D eigenvalue weighted by atomic mass is 16.6. The second-order valence-electron chi connectivity index (χ2n) is 8.41. The van der Waals surface area contributed by atoms with Crippen LogP contribution in [0.3, 0.4) is 0 Å². The minimum atomic E-state index is -0.474. The number of anilines is 1. The summed E-state index contributed by atoms with van der Waals surface area (Å²) in [6, 6.07) is 8.22. The van der Waals surface area contributed by atoms with Gasteiger partial charge < -0.3 is 24.7 Å². The first-order valence-electron chi connectivity index (χ1n) is 10.0. The van der Waals surface area contributed by atoms with Crippen molar-refractivity contribution in [2.75, 3.05) is 37.6 Å². The summed E-state index contributed by atoms with van der Waals surface area (Å²) in [5.41, 5.74) is 2.55. The highest BCUT2D eigenvalue weighted by Crippen LogP contribution is 2.22. The summed E-state index contributed by atoms with van der Waals surface area (Å²) in [5.74, 6) is -0.0711. The Labute approximate surface area is 171 Å². The lowest BCUT2D eigenvalue weighted by molar-refractivity contribution is -0.119. The monoisotopic (exact) mass is 402 g/mol. The van der Waals surface area contributed by atoms with Gasteiger partial charge in [0.25, 0.3) is 0 Å². The van der Waals surface area contributed by atoms with E-state index in [-0.39, 0.29) is 18.1 Å². The molecule has 2 amide bonds. The number of rotatable bonds is 4. The molecule has 0 aromatic heterocycles. The third-order valence-corrected chi connectivity index (χ3v) is 4.81. The Morgan fingerprint density at radius 2 is 1.83 bits per heavy atom. The minimum Gasteiger partial charge on any atom is -0.444 e. The van der Waals surface area contributed by atoms with Crippen LogP contribution in [0.5, 0.6) is 0 Å². The molecule has 29 heavy (non-hydrogen) atoms. The molecule has 1 N–H and O–H groups in total. The van der Waals surface area contributed by atoms with E-state index in [1.165, 1.54) is 6.92 Å². The summed E-state index contributed by atoms with van der Waals surface area (Å²) >= 11 is 0. The van der Waals surface area contributed by atoms with E-state index in [0.717, 1.165) is 30.1 Å². The van der Waals surface area contributed by atoms with Crippen LogP contribution in [0.1, 0.15) is 39.7 Å². The fraction of sp³-hybridized carbons (Fsp3) is 0.571. The maximum Gasteiger partial charge on any atom is 0.410 e. The SMILES string of the molecule is CC(=O)NCC1CC(c2ccc(N3CCN(C(=O)OC(C)(C)C)CC3)cc2)=NO1. The fourth-order valence-corrected chi connectivity index (χ4v) is 3.30. The molecule has 1 aromatic rings. The molecule has 1 aromatic carbocycles. The quantitative estimate of drug-likeness (QED) is 0.836. The van der Waals surface area contributed by atoms with Crippen LogP contribution in [0.25, 0.3) is 0 Å². The molecule has 1 atom stereocenters. The number of amides is 2. The average molecular weight is 402 g/mol. The van der Waals surface area contributed by atoms with Crippen molar-refractivity contribution in [3.8, 4) is 0 Å². The molecule has 0 spiro atoms. The summed E-state index contributed by atoms with van der Waals surface area (Å²) in [7, 11) is 0. The summed E-state index contributed by atoms with van der Waals surface area (Å²) in [4.78, 5) is 32.6. The van der Waals surface area contributed by atoms with Crippen LogP contribution < -0.4 is 10.2 Å². The van der Waals surface area contributed by atoms with E-state index in [2.05, 4.69) is 27.5 Å². The molecule has 0 aliphatic carbocycles. The second kappa shape index (κ2) is 8.71. The fourth-order valence-electron chi connectivity index (χ4n) is 3.30. The predicted octanol–water partition coefficient (Wildman–Crippen LogP) is 2.37.